The summed E-state index contributed by atoms with van der Waals surface area (Å²) in [6.07, 6.45) is 0.241. The standard InChI is InChI=1S/C6H11BrO3/c1-2-4-9-6(8)10-5-3-7/h2-5H2,1H3. The molecule has 60 valence electrons. The Balaban J connectivity index is 3.09. The molecule has 0 rings (SSSR count). The lowest BCUT2D eigenvalue weighted by molar-refractivity contribution is 0.0601. The van der Waals surface area contributed by atoms with Gasteiger partial charge in [-0.1, -0.05) is 22.9 Å². The summed E-state index contributed by atoms with van der Waals surface area (Å²) in [5.41, 5.74) is 0. The normalized spacial score (nSPS) is 9.00. The van der Waals surface area contributed by atoms with Gasteiger partial charge in [-0.15, -0.1) is 0 Å². The summed E-state index contributed by atoms with van der Waals surface area (Å²) in [5, 5.41) is 0.647. The third-order valence-corrected chi connectivity index (χ3v) is 1.04. The highest BCUT2D eigenvalue weighted by Crippen LogP contribution is 1.88. The molecule has 0 amide bonds. The maximum Gasteiger partial charge on any atom is 0.508 e. The van der Waals surface area contributed by atoms with Gasteiger partial charge in [-0.25, -0.2) is 4.79 Å². The zero-order valence-corrected chi connectivity index (χ0v) is 7.52. The summed E-state index contributed by atoms with van der Waals surface area (Å²) in [6.45, 7) is 2.72. The van der Waals surface area contributed by atoms with Gasteiger partial charge in [0.05, 0.1) is 6.61 Å². The minimum absolute atomic E-state index is 0.364. The molecule has 0 aromatic carbocycles. The number of rotatable bonds is 4. The molecule has 0 saturated heterocycles. The van der Waals surface area contributed by atoms with Crippen molar-refractivity contribution in [2.45, 2.75) is 13.3 Å². The van der Waals surface area contributed by atoms with Crippen molar-refractivity contribution in [1.29, 1.82) is 0 Å². The third kappa shape index (κ3) is 5.88. The molecule has 0 aromatic rings. The van der Waals surface area contributed by atoms with Gasteiger partial charge in [-0.3, -0.25) is 0 Å². The van der Waals surface area contributed by atoms with Crippen LogP contribution in [-0.4, -0.2) is 24.7 Å². The molecular weight excluding hydrogens is 200 g/mol. The Morgan fingerprint density at radius 1 is 1.40 bits per heavy atom. The number of ether oxygens (including phenoxy) is 2. The quantitative estimate of drug-likeness (QED) is 0.526. The van der Waals surface area contributed by atoms with Gasteiger partial charge in [0.1, 0.15) is 6.61 Å². The molecule has 0 atom stereocenters. The highest BCUT2D eigenvalue weighted by atomic mass is 79.9. The van der Waals surface area contributed by atoms with E-state index >= 15 is 0 Å². The summed E-state index contributed by atoms with van der Waals surface area (Å²) < 4.78 is 9.20. The minimum atomic E-state index is -0.582. The molecule has 0 radical (unpaired) electrons. The first-order chi connectivity index (χ1) is 4.81. The second kappa shape index (κ2) is 6.86. The fourth-order valence-electron chi connectivity index (χ4n) is 0.349. The minimum Gasteiger partial charge on any atom is -0.434 e. The third-order valence-electron chi connectivity index (χ3n) is 0.721. The Morgan fingerprint density at radius 3 is 2.50 bits per heavy atom. The molecule has 0 saturated carbocycles. The maximum atomic E-state index is 10.5. The molecular formula is C6H11BrO3. The number of carbonyl (C=O) groups excluding carboxylic acids is 1. The second-order valence-electron chi connectivity index (χ2n) is 1.64. The average molecular weight is 211 g/mol. The van der Waals surface area contributed by atoms with Crippen LogP contribution < -0.4 is 0 Å². The van der Waals surface area contributed by atoms with E-state index in [1.807, 2.05) is 6.92 Å². The van der Waals surface area contributed by atoms with Gasteiger partial charge in [0.25, 0.3) is 0 Å². The SMILES string of the molecule is CCCOC(=O)OCCBr. The average Bonchev–Trinajstić information content (AvgIpc) is 1.97. The fraction of sp³-hybridized carbons (Fsp3) is 0.833. The Kier molecular flexibility index (Phi) is 6.69. The summed E-state index contributed by atoms with van der Waals surface area (Å²) >= 11 is 3.11. The first kappa shape index (κ1) is 9.75. The van der Waals surface area contributed by atoms with Gasteiger partial charge in [0, 0.05) is 5.33 Å². The van der Waals surface area contributed by atoms with Crippen LogP contribution in [0.15, 0.2) is 0 Å². The molecule has 0 bridgehead atoms. The van der Waals surface area contributed by atoms with E-state index < -0.39 is 6.16 Å². The van der Waals surface area contributed by atoms with Gasteiger partial charge in [0.15, 0.2) is 0 Å². The smallest absolute Gasteiger partial charge is 0.434 e. The number of carbonyl (C=O) groups is 1. The van der Waals surface area contributed by atoms with Crippen molar-refractivity contribution in [2.24, 2.45) is 0 Å². The van der Waals surface area contributed by atoms with Gasteiger partial charge in [-0.2, -0.15) is 0 Å². The van der Waals surface area contributed by atoms with Crippen LogP contribution in [0, 0.1) is 0 Å². The fourth-order valence-corrected chi connectivity index (χ4v) is 0.511. The number of hydrogen-bond donors (Lipinski definition) is 0. The van der Waals surface area contributed by atoms with E-state index in [1.54, 1.807) is 0 Å². The first-order valence-corrected chi connectivity index (χ1v) is 4.29. The monoisotopic (exact) mass is 210 g/mol. The number of alkyl halides is 1. The highest BCUT2D eigenvalue weighted by molar-refractivity contribution is 9.09. The van der Waals surface area contributed by atoms with Crippen LogP contribution in [0.4, 0.5) is 4.79 Å². The zero-order chi connectivity index (χ0) is 7.82. The predicted octanol–water partition coefficient (Wildman–Crippen LogP) is 1.94. The van der Waals surface area contributed by atoms with Crippen LogP contribution in [-0.2, 0) is 9.47 Å². The van der Waals surface area contributed by atoms with Crippen molar-refractivity contribution >= 4 is 22.1 Å². The largest absolute Gasteiger partial charge is 0.508 e. The van der Waals surface area contributed by atoms with Crippen molar-refractivity contribution in [2.75, 3.05) is 18.5 Å². The van der Waals surface area contributed by atoms with E-state index in [-0.39, 0.29) is 0 Å². The molecule has 0 N–H and O–H groups in total. The number of hydrogen-bond acceptors (Lipinski definition) is 3. The molecule has 4 heteroatoms. The molecule has 0 aliphatic heterocycles. The molecule has 0 heterocycles. The van der Waals surface area contributed by atoms with Gasteiger partial charge in [0.2, 0.25) is 0 Å². The van der Waals surface area contributed by atoms with E-state index in [2.05, 4.69) is 25.4 Å². The van der Waals surface area contributed by atoms with E-state index in [9.17, 15) is 4.79 Å². The number of halogens is 1. The van der Waals surface area contributed by atoms with Crippen LogP contribution in [0.1, 0.15) is 13.3 Å². The van der Waals surface area contributed by atoms with Crippen LogP contribution in [0.3, 0.4) is 0 Å². The molecule has 0 aliphatic carbocycles. The highest BCUT2D eigenvalue weighted by Gasteiger charge is 1.99. The molecule has 0 spiro atoms. The Morgan fingerprint density at radius 2 is 2.00 bits per heavy atom. The van der Waals surface area contributed by atoms with Crippen LogP contribution >= 0.6 is 15.9 Å². The van der Waals surface area contributed by atoms with Crippen molar-refractivity contribution < 1.29 is 14.3 Å². The van der Waals surface area contributed by atoms with Crippen LogP contribution in [0.2, 0.25) is 0 Å². The topological polar surface area (TPSA) is 35.5 Å². The van der Waals surface area contributed by atoms with Crippen molar-refractivity contribution in [3.63, 3.8) is 0 Å². The Labute approximate surface area is 68.8 Å². The zero-order valence-electron chi connectivity index (χ0n) is 5.93. The van der Waals surface area contributed by atoms with E-state index in [4.69, 9.17) is 0 Å². The molecule has 10 heavy (non-hydrogen) atoms. The van der Waals surface area contributed by atoms with Crippen molar-refractivity contribution in [3.8, 4) is 0 Å². The summed E-state index contributed by atoms with van der Waals surface area (Å²) in [5.74, 6) is 0. The van der Waals surface area contributed by atoms with Crippen molar-refractivity contribution in [3.05, 3.63) is 0 Å². The lowest BCUT2D eigenvalue weighted by Crippen LogP contribution is -2.09. The lowest BCUT2D eigenvalue weighted by atomic mass is 10.5. The van der Waals surface area contributed by atoms with Crippen LogP contribution in [0.25, 0.3) is 0 Å². The van der Waals surface area contributed by atoms with Gasteiger partial charge < -0.3 is 9.47 Å². The van der Waals surface area contributed by atoms with E-state index in [1.165, 1.54) is 0 Å². The molecule has 0 aliphatic rings. The first-order valence-electron chi connectivity index (χ1n) is 3.16. The molecule has 0 unspecified atom stereocenters. The molecule has 0 aromatic heterocycles. The Bertz CT molecular complexity index is 85.0. The lowest BCUT2D eigenvalue weighted by Gasteiger charge is -2.01. The summed E-state index contributed by atoms with van der Waals surface area (Å²) in [6, 6.07) is 0. The summed E-state index contributed by atoms with van der Waals surface area (Å²) in [4.78, 5) is 10.5. The van der Waals surface area contributed by atoms with Gasteiger partial charge >= 0.3 is 6.16 Å². The second-order valence-corrected chi connectivity index (χ2v) is 2.43. The van der Waals surface area contributed by atoms with Crippen LogP contribution in [0.5, 0.6) is 0 Å². The summed E-state index contributed by atoms with van der Waals surface area (Å²) in [7, 11) is 0. The molecule has 3 nitrogen and oxygen atoms in total. The molecule has 0 fully saturated rings. The maximum absolute atomic E-state index is 10.5. The predicted molar refractivity (Wildman–Crippen MR) is 41.4 cm³/mol. The van der Waals surface area contributed by atoms with E-state index in [0.29, 0.717) is 18.5 Å². The van der Waals surface area contributed by atoms with Crippen molar-refractivity contribution in [1.82, 2.24) is 0 Å². The van der Waals surface area contributed by atoms with E-state index in [0.717, 1.165) is 6.42 Å². The van der Waals surface area contributed by atoms with Gasteiger partial charge in [-0.05, 0) is 6.42 Å². The Hall–Kier alpha value is -0.250.